The molecule has 2 aromatic heterocycles. The number of benzene rings is 2. The SMILES string of the molecule is C=Cc1c(F)ccc2cc(O)cc(-c3nc4c5c(nc(OC[C@@]67CCCN6C[C@H](F)C7)nc5c3F)N(CC)[C@@H](C)CO4)c12. The number of anilines is 1. The summed E-state index contributed by atoms with van der Waals surface area (Å²) in [6.45, 7) is 9.85. The van der Waals surface area contributed by atoms with E-state index in [1.165, 1.54) is 30.3 Å². The number of nitrogens with zero attached hydrogens (tertiary/aromatic N) is 5. The third-order valence-corrected chi connectivity index (χ3v) is 9.10. The van der Waals surface area contributed by atoms with E-state index in [0.717, 1.165) is 19.4 Å². The normalized spacial score (nSPS) is 23.4. The maximum Gasteiger partial charge on any atom is 0.319 e. The van der Waals surface area contributed by atoms with E-state index in [2.05, 4.69) is 21.4 Å². The fraction of sp³-hybridized carbons (Fsp3) is 0.406. The van der Waals surface area contributed by atoms with E-state index in [4.69, 9.17) is 14.5 Å². The van der Waals surface area contributed by atoms with Gasteiger partial charge in [0.1, 0.15) is 53.4 Å². The quantitative estimate of drug-likeness (QED) is 0.291. The lowest BCUT2D eigenvalue weighted by molar-refractivity contribution is 0.107. The monoisotopic (exact) mass is 591 g/mol. The summed E-state index contributed by atoms with van der Waals surface area (Å²) >= 11 is 0. The molecular formula is C32H32F3N5O3. The lowest BCUT2D eigenvalue weighted by Crippen LogP contribution is -2.43. The second-order valence-electron chi connectivity index (χ2n) is 11.7. The van der Waals surface area contributed by atoms with Gasteiger partial charge in [-0.05, 0) is 56.8 Å². The molecule has 3 aliphatic heterocycles. The van der Waals surface area contributed by atoms with Crippen molar-refractivity contribution in [3.05, 3.63) is 48.0 Å². The molecule has 11 heteroatoms. The zero-order valence-corrected chi connectivity index (χ0v) is 24.0. The molecular weight excluding hydrogens is 559 g/mol. The maximum absolute atomic E-state index is 16.8. The molecule has 43 heavy (non-hydrogen) atoms. The molecule has 224 valence electrons. The molecule has 1 N–H and O–H groups in total. The minimum Gasteiger partial charge on any atom is -0.508 e. The molecule has 2 fully saturated rings. The first kappa shape index (κ1) is 27.7. The number of rotatable bonds is 6. The number of fused-ring (bicyclic) bond motifs is 2. The summed E-state index contributed by atoms with van der Waals surface area (Å²) in [7, 11) is 0. The summed E-state index contributed by atoms with van der Waals surface area (Å²) in [5.74, 6) is -0.924. The lowest BCUT2D eigenvalue weighted by Gasteiger charge is -2.31. The van der Waals surface area contributed by atoms with Crippen LogP contribution in [0.4, 0.5) is 19.0 Å². The Labute approximate surface area is 246 Å². The molecule has 0 saturated carbocycles. The van der Waals surface area contributed by atoms with Crippen LogP contribution in [0, 0.1) is 11.6 Å². The fourth-order valence-corrected chi connectivity index (χ4v) is 7.11. The number of phenolic OH excluding ortho intramolecular Hbond substituents is 1. The van der Waals surface area contributed by atoms with Crippen LogP contribution in [-0.4, -0.2) is 75.6 Å². The topological polar surface area (TPSA) is 83.8 Å². The highest BCUT2D eigenvalue weighted by Gasteiger charge is 2.49. The van der Waals surface area contributed by atoms with Crippen molar-refractivity contribution < 1.29 is 27.8 Å². The second kappa shape index (κ2) is 10.3. The van der Waals surface area contributed by atoms with Gasteiger partial charge in [-0.1, -0.05) is 18.7 Å². The Balaban J connectivity index is 1.44. The van der Waals surface area contributed by atoms with Crippen molar-refractivity contribution >= 4 is 33.6 Å². The number of pyridine rings is 1. The Morgan fingerprint density at radius 2 is 2.05 bits per heavy atom. The summed E-state index contributed by atoms with van der Waals surface area (Å²) in [5.41, 5.74) is -0.359. The van der Waals surface area contributed by atoms with Crippen molar-refractivity contribution in [3.8, 4) is 28.9 Å². The maximum atomic E-state index is 16.8. The van der Waals surface area contributed by atoms with Crippen LogP contribution >= 0.6 is 0 Å². The first-order chi connectivity index (χ1) is 20.7. The molecule has 2 saturated heterocycles. The third kappa shape index (κ3) is 4.35. The van der Waals surface area contributed by atoms with Crippen LogP contribution in [0.5, 0.6) is 17.6 Å². The predicted molar refractivity (Wildman–Crippen MR) is 158 cm³/mol. The van der Waals surface area contributed by atoms with Crippen LogP contribution in [-0.2, 0) is 0 Å². The van der Waals surface area contributed by atoms with Gasteiger partial charge in [-0.3, -0.25) is 4.90 Å². The summed E-state index contributed by atoms with van der Waals surface area (Å²) in [5, 5.41) is 11.7. The third-order valence-electron chi connectivity index (χ3n) is 9.10. The summed E-state index contributed by atoms with van der Waals surface area (Å²) in [4.78, 5) is 18.0. The van der Waals surface area contributed by atoms with E-state index in [1.807, 2.05) is 18.7 Å². The number of ether oxygens (including phenoxy) is 2. The van der Waals surface area contributed by atoms with Gasteiger partial charge in [0.05, 0.1) is 11.6 Å². The zero-order valence-electron chi connectivity index (χ0n) is 24.0. The first-order valence-electron chi connectivity index (χ1n) is 14.6. The van der Waals surface area contributed by atoms with E-state index < -0.39 is 23.3 Å². The van der Waals surface area contributed by atoms with E-state index in [9.17, 15) is 13.9 Å². The number of alkyl halides is 1. The highest BCUT2D eigenvalue weighted by molar-refractivity contribution is 6.05. The largest absolute Gasteiger partial charge is 0.508 e. The molecule has 0 spiro atoms. The Morgan fingerprint density at radius 1 is 1.21 bits per heavy atom. The molecule has 0 radical (unpaired) electrons. The van der Waals surface area contributed by atoms with Crippen molar-refractivity contribution in [2.75, 3.05) is 37.7 Å². The van der Waals surface area contributed by atoms with E-state index in [0.29, 0.717) is 41.5 Å². The molecule has 2 aromatic carbocycles. The van der Waals surface area contributed by atoms with E-state index in [-0.39, 0.29) is 59.2 Å². The Bertz CT molecular complexity index is 1790. The van der Waals surface area contributed by atoms with Crippen LogP contribution < -0.4 is 14.4 Å². The second-order valence-corrected chi connectivity index (χ2v) is 11.7. The fourth-order valence-electron chi connectivity index (χ4n) is 7.11. The molecule has 0 unspecified atom stereocenters. The average molecular weight is 592 g/mol. The molecule has 4 aromatic rings. The van der Waals surface area contributed by atoms with Crippen LogP contribution in [0.25, 0.3) is 39.0 Å². The minimum absolute atomic E-state index is 0.0285. The summed E-state index contributed by atoms with van der Waals surface area (Å²) < 4.78 is 58.4. The van der Waals surface area contributed by atoms with Gasteiger partial charge < -0.3 is 19.5 Å². The Kier molecular flexibility index (Phi) is 6.61. The van der Waals surface area contributed by atoms with Crippen LogP contribution in [0.3, 0.4) is 0 Å². The number of hydrogen-bond acceptors (Lipinski definition) is 8. The smallest absolute Gasteiger partial charge is 0.319 e. The van der Waals surface area contributed by atoms with Gasteiger partial charge in [-0.2, -0.15) is 9.97 Å². The molecule has 7 rings (SSSR count). The minimum atomic E-state index is -0.921. The highest BCUT2D eigenvalue weighted by Crippen LogP contribution is 2.44. The van der Waals surface area contributed by atoms with Gasteiger partial charge in [0.2, 0.25) is 5.88 Å². The van der Waals surface area contributed by atoms with Crippen molar-refractivity contribution in [2.24, 2.45) is 0 Å². The zero-order chi connectivity index (χ0) is 30.0. The molecule has 0 aliphatic carbocycles. The number of hydrogen-bond donors (Lipinski definition) is 1. The van der Waals surface area contributed by atoms with Gasteiger partial charge in [0.25, 0.3) is 0 Å². The van der Waals surface area contributed by atoms with Gasteiger partial charge in [-0.25, -0.2) is 18.2 Å². The predicted octanol–water partition coefficient (Wildman–Crippen LogP) is 6.03. The molecule has 0 amide bonds. The van der Waals surface area contributed by atoms with Crippen LogP contribution in [0.1, 0.15) is 38.7 Å². The molecule has 3 atom stereocenters. The van der Waals surface area contributed by atoms with Gasteiger partial charge in [-0.15, -0.1) is 0 Å². The molecule has 8 nitrogen and oxygen atoms in total. The molecule has 3 aliphatic rings. The standard InChI is InChI=1S/C32H32F3N5O3/c1-4-21-23(34)8-7-18-11-20(41)12-22(24(18)21)27-26(35)28-25-29(40(5-2)17(3)15-42-30(25)36-27)38-31(37-28)43-16-32-9-6-10-39(32)14-19(33)13-32/h4,7-8,11-12,17,19,41H,1,5-6,9-10,13-16H2,2-3H3/t17-,19+,32-/m0/s1. The Morgan fingerprint density at radius 3 is 2.84 bits per heavy atom. The van der Waals surface area contributed by atoms with Crippen molar-refractivity contribution in [1.29, 1.82) is 0 Å². The van der Waals surface area contributed by atoms with Gasteiger partial charge in [0.15, 0.2) is 5.82 Å². The Hall–Kier alpha value is -4.12. The summed E-state index contributed by atoms with van der Waals surface area (Å²) in [6.07, 6.45) is 2.57. The van der Waals surface area contributed by atoms with Crippen molar-refractivity contribution in [3.63, 3.8) is 0 Å². The molecule has 5 heterocycles. The van der Waals surface area contributed by atoms with Crippen molar-refractivity contribution in [1.82, 2.24) is 19.9 Å². The average Bonchev–Trinajstić information content (AvgIpc) is 3.47. The van der Waals surface area contributed by atoms with Crippen molar-refractivity contribution in [2.45, 2.75) is 50.9 Å². The number of halogens is 3. The van der Waals surface area contributed by atoms with Crippen LogP contribution in [0.2, 0.25) is 0 Å². The van der Waals surface area contributed by atoms with E-state index >= 15 is 4.39 Å². The number of aromatic hydroxyl groups is 1. The molecule has 0 bridgehead atoms. The number of likely N-dealkylation sites (N-methyl/N-ethyl adjacent to an activating group) is 1. The highest BCUT2D eigenvalue weighted by atomic mass is 19.1. The number of phenols is 1. The first-order valence-corrected chi connectivity index (χ1v) is 14.6. The van der Waals surface area contributed by atoms with Crippen LogP contribution in [0.15, 0.2) is 30.8 Å². The van der Waals surface area contributed by atoms with Gasteiger partial charge in [0, 0.05) is 36.0 Å². The van der Waals surface area contributed by atoms with E-state index in [1.54, 1.807) is 0 Å². The summed E-state index contributed by atoms with van der Waals surface area (Å²) in [6, 6.07) is 5.44. The lowest BCUT2D eigenvalue weighted by atomic mass is 9.95. The number of aromatic nitrogens is 3. The van der Waals surface area contributed by atoms with Gasteiger partial charge >= 0.3 is 6.01 Å².